The number of fused-ring (bicyclic) bond motifs is 2. The summed E-state index contributed by atoms with van der Waals surface area (Å²) in [5, 5.41) is 0. The molecule has 1 aliphatic carbocycles. The van der Waals surface area contributed by atoms with E-state index in [2.05, 4.69) is 22.0 Å². The highest BCUT2D eigenvalue weighted by molar-refractivity contribution is 9.10. The average Bonchev–Trinajstić information content (AvgIpc) is 3.10. The molecule has 1 aliphatic heterocycles. The first-order valence-electron chi connectivity index (χ1n) is 8.54. The number of halogens is 1. The fraction of sp³-hybridized carbons (Fsp3) is 0.350. The van der Waals surface area contributed by atoms with Crippen molar-refractivity contribution in [2.45, 2.75) is 37.4 Å². The van der Waals surface area contributed by atoms with Crippen molar-refractivity contribution in [3.8, 4) is 5.75 Å². The standard InChI is InChI=1S/C20H21BrN2O2/c1-25-16-4-2-3-13(9-16)12-23-19(24)17-10-14(21)5-6-18(17)20(23)8-7-15(22)11-20/h2-6,9-10,15H,7-8,11-12,22H2,1H3. The van der Waals surface area contributed by atoms with E-state index in [9.17, 15) is 4.79 Å². The van der Waals surface area contributed by atoms with Gasteiger partial charge in [0.2, 0.25) is 0 Å². The van der Waals surface area contributed by atoms with Crippen LogP contribution in [0.5, 0.6) is 5.75 Å². The van der Waals surface area contributed by atoms with Gasteiger partial charge in [-0.25, -0.2) is 0 Å². The Bertz CT molecular complexity index is 838. The van der Waals surface area contributed by atoms with Crippen molar-refractivity contribution in [2.24, 2.45) is 5.73 Å². The minimum absolute atomic E-state index is 0.0909. The molecule has 25 heavy (non-hydrogen) atoms. The molecule has 0 bridgehead atoms. The lowest BCUT2D eigenvalue weighted by atomic mass is 9.87. The van der Waals surface area contributed by atoms with Gasteiger partial charge in [0.15, 0.2) is 0 Å². The number of hydrogen-bond donors (Lipinski definition) is 1. The van der Waals surface area contributed by atoms with Gasteiger partial charge < -0.3 is 15.4 Å². The van der Waals surface area contributed by atoms with Crippen LogP contribution in [0.15, 0.2) is 46.9 Å². The highest BCUT2D eigenvalue weighted by Crippen LogP contribution is 2.50. The van der Waals surface area contributed by atoms with Crippen LogP contribution in [-0.4, -0.2) is 24.0 Å². The number of rotatable bonds is 3. The maximum atomic E-state index is 13.2. The van der Waals surface area contributed by atoms with E-state index in [1.807, 2.05) is 41.3 Å². The lowest BCUT2D eigenvalue weighted by Crippen LogP contribution is -2.42. The van der Waals surface area contributed by atoms with Crippen molar-refractivity contribution in [1.29, 1.82) is 0 Å². The highest BCUT2D eigenvalue weighted by Gasteiger charge is 2.52. The maximum absolute atomic E-state index is 13.2. The first-order chi connectivity index (χ1) is 12.0. The summed E-state index contributed by atoms with van der Waals surface area (Å²) in [5.41, 5.74) is 8.96. The molecule has 4 rings (SSSR count). The van der Waals surface area contributed by atoms with Gasteiger partial charge in [0.05, 0.1) is 12.6 Å². The molecule has 0 saturated heterocycles. The van der Waals surface area contributed by atoms with Crippen molar-refractivity contribution < 1.29 is 9.53 Å². The van der Waals surface area contributed by atoms with Crippen LogP contribution in [0.25, 0.3) is 0 Å². The number of methoxy groups -OCH3 is 1. The molecule has 5 heteroatoms. The molecule has 0 aromatic heterocycles. The van der Waals surface area contributed by atoms with Gasteiger partial charge in [-0.05, 0) is 54.7 Å². The Labute approximate surface area is 156 Å². The molecule has 2 aromatic carbocycles. The van der Waals surface area contributed by atoms with E-state index in [-0.39, 0.29) is 17.5 Å². The summed E-state index contributed by atoms with van der Waals surface area (Å²) in [4.78, 5) is 15.2. The molecule has 1 heterocycles. The number of benzene rings is 2. The second kappa shape index (κ2) is 6.15. The SMILES string of the molecule is COc1cccc(CN2C(=O)c3cc(Br)ccc3C23CCC(N)C3)c1. The number of nitrogens with two attached hydrogens (primary N) is 1. The summed E-state index contributed by atoms with van der Waals surface area (Å²) in [6.07, 6.45) is 2.67. The molecule has 2 atom stereocenters. The van der Waals surface area contributed by atoms with Crippen molar-refractivity contribution in [3.63, 3.8) is 0 Å². The molecule has 130 valence electrons. The monoisotopic (exact) mass is 400 g/mol. The number of ether oxygens (including phenoxy) is 1. The molecule has 2 N–H and O–H groups in total. The molecule has 2 aliphatic rings. The molecule has 2 aromatic rings. The zero-order valence-corrected chi connectivity index (χ0v) is 15.8. The Kier molecular flexibility index (Phi) is 4.08. The maximum Gasteiger partial charge on any atom is 0.255 e. The van der Waals surface area contributed by atoms with Crippen molar-refractivity contribution in [1.82, 2.24) is 4.90 Å². The van der Waals surface area contributed by atoms with E-state index in [4.69, 9.17) is 10.5 Å². The smallest absolute Gasteiger partial charge is 0.255 e. The van der Waals surface area contributed by atoms with E-state index in [1.54, 1.807) is 7.11 Å². The van der Waals surface area contributed by atoms with Gasteiger partial charge in [0.1, 0.15) is 5.75 Å². The van der Waals surface area contributed by atoms with Gasteiger partial charge in [-0.2, -0.15) is 0 Å². The van der Waals surface area contributed by atoms with Crippen LogP contribution in [0.1, 0.15) is 40.7 Å². The number of carbonyl (C=O) groups is 1. The molecule has 1 amide bonds. The number of amides is 1. The summed E-state index contributed by atoms with van der Waals surface area (Å²) in [7, 11) is 1.66. The van der Waals surface area contributed by atoms with Gasteiger partial charge in [0, 0.05) is 22.6 Å². The summed E-state index contributed by atoms with van der Waals surface area (Å²) in [6, 6.07) is 14.1. The van der Waals surface area contributed by atoms with Crippen LogP contribution in [0.3, 0.4) is 0 Å². The van der Waals surface area contributed by atoms with Gasteiger partial charge in [-0.15, -0.1) is 0 Å². The quantitative estimate of drug-likeness (QED) is 0.851. The van der Waals surface area contributed by atoms with Crippen LogP contribution in [0, 0.1) is 0 Å². The van der Waals surface area contributed by atoms with Gasteiger partial charge >= 0.3 is 0 Å². The largest absolute Gasteiger partial charge is 0.497 e. The third-order valence-corrected chi connectivity index (χ3v) is 5.97. The molecular formula is C20H21BrN2O2. The van der Waals surface area contributed by atoms with Crippen LogP contribution in [0.2, 0.25) is 0 Å². The summed E-state index contributed by atoms with van der Waals surface area (Å²) < 4.78 is 6.26. The number of carbonyl (C=O) groups excluding carboxylic acids is 1. The van der Waals surface area contributed by atoms with Crippen molar-refractivity contribution >= 4 is 21.8 Å². The Balaban J connectivity index is 1.77. The predicted molar refractivity (Wildman–Crippen MR) is 101 cm³/mol. The Morgan fingerprint density at radius 1 is 1.32 bits per heavy atom. The topological polar surface area (TPSA) is 55.6 Å². The van der Waals surface area contributed by atoms with E-state index < -0.39 is 0 Å². The van der Waals surface area contributed by atoms with Crippen LogP contribution < -0.4 is 10.5 Å². The molecular weight excluding hydrogens is 380 g/mol. The van der Waals surface area contributed by atoms with Gasteiger partial charge in [0.25, 0.3) is 5.91 Å². The van der Waals surface area contributed by atoms with Crippen LogP contribution >= 0.6 is 15.9 Å². The Morgan fingerprint density at radius 3 is 2.88 bits per heavy atom. The normalized spacial score (nSPS) is 24.8. The zero-order valence-electron chi connectivity index (χ0n) is 14.2. The molecule has 1 fully saturated rings. The third kappa shape index (κ3) is 2.66. The molecule has 2 unspecified atom stereocenters. The summed E-state index contributed by atoms with van der Waals surface area (Å²) in [6.45, 7) is 0.565. The van der Waals surface area contributed by atoms with Crippen molar-refractivity contribution in [3.05, 3.63) is 63.6 Å². The molecule has 0 radical (unpaired) electrons. The summed E-state index contributed by atoms with van der Waals surface area (Å²) >= 11 is 3.49. The first kappa shape index (κ1) is 16.6. The zero-order chi connectivity index (χ0) is 17.6. The number of hydrogen-bond acceptors (Lipinski definition) is 3. The Morgan fingerprint density at radius 2 is 2.16 bits per heavy atom. The highest BCUT2D eigenvalue weighted by atomic mass is 79.9. The minimum atomic E-state index is -0.282. The van der Waals surface area contributed by atoms with Gasteiger partial charge in [-0.3, -0.25) is 4.79 Å². The Hall–Kier alpha value is -1.85. The molecule has 1 saturated carbocycles. The van der Waals surface area contributed by atoms with Crippen LogP contribution in [0.4, 0.5) is 0 Å². The second-order valence-electron chi connectivity index (χ2n) is 6.97. The average molecular weight is 401 g/mol. The molecule has 1 spiro atoms. The second-order valence-corrected chi connectivity index (χ2v) is 7.88. The van der Waals surface area contributed by atoms with E-state index in [0.717, 1.165) is 46.2 Å². The van der Waals surface area contributed by atoms with E-state index >= 15 is 0 Å². The lowest BCUT2D eigenvalue weighted by molar-refractivity contribution is 0.0525. The molecule has 4 nitrogen and oxygen atoms in total. The lowest BCUT2D eigenvalue weighted by Gasteiger charge is -2.36. The van der Waals surface area contributed by atoms with E-state index in [1.165, 1.54) is 0 Å². The van der Waals surface area contributed by atoms with Crippen LogP contribution in [-0.2, 0) is 12.1 Å². The third-order valence-electron chi connectivity index (χ3n) is 5.48. The fourth-order valence-corrected chi connectivity index (χ4v) is 4.67. The summed E-state index contributed by atoms with van der Waals surface area (Å²) in [5.74, 6) is 0.898. The fourth-order valence-electron chi connectivity index (χ4n) is 4.31. The minimum Gasteiger partial charge on any atom is -0.497 e. The van der Waals surface area contributed by atoms with E-state index in [0.29, 0.717) is 6.54 Å². The number of nitrogens with zero attached hydrogens (tertiary/aromatic N) is 1. The van der Waals surface area contributed by atoms with Crippen molar-refractivity contribution in [2.75, 3.05) is 7.11 Å². The predicted octanol–water partition coefficient (Wildman–Crippen LogP) is 3.82. The first-order valence-corrected chi connectivity index (χ1v) is 9.33. The van der Waals surface area contributed by atoms with Gasteiger partial charge in [-0.1, -0.05) is 34.1 Å².